The van der Waals surface area contributed by atoms with Crippen molar-refractivity contribution in [2.75, 3.05) is 22.9 Å². The molecule has 0 radical (unpaired) electrons. The average Bonchev–Trinajstić information content (AvgIpc) is 2.46. The van der Waals surface area contributed by atoms with E-state index in [2.05, 4.69) is 4.98 Å². The van der Waals surface area contributed by atoms with Gasteiger partial charge in [-0.1, -0.05) is 12.1 Å². The molecule has 1 aromatic heterocycles. The van der Waals surface area contributed by atoms with Crippen molar-refractivity contribution in [3.8, 4) is 0 Å². The van der Waals surface area contributed by atoms with E-state index in [4.69, 9.17) is 5.73 Å². The van der Waals surface area contributed by atoms with E-state index in [0.29, 0.717) is 17.9 Å². The second kappa shape index (κ2) is 4.93. The Hall–Kier alpha value is -2.01. The van der Waals surface area contributed by atoms with Gasteiger partial charge in [-0.3, -0.25) is 4.79 Å². The van der Waals surface area contributed by atoms with Crippen molar-refractivity contribution in [2.45, 2.75) is 4.90 Å². The number of thioether (sulfide) groups is 1. The van der Waals surface area contributed by atoms with Gasteiger partial charge < -0.3 is 10.6 Å². The molecule has 0 atom stereocenters. The van der Waals surface area contributed by atoms with Crippen molar-refractivity contribution in [2.24, 2.45) is 0 Å². The Labute approximate surface area is 115 Å². The fraction of sp³-hybridized carbons (Fsp3) is 0.143. The normalized spacial score (nSPS) is 14.0. The monoisotopic (exact) mass is 271 g/mol. The number of benzene rings is 1. The van der Waals surface area contributed by atoms with Crippen LogP contribution in [0.1, 0.15) is 10.5 Å². The molecule has 0 saturated carbocycles. The van der Waals surface area contributed by atoms with E-state index < -0.39 is 0 Å². The molecule has 1 aromatic carbocycles. The number of hydrogen-bond acceptors (Lipinski definition) is 4. The molecule has 2 heterocycles. The number of para-hydroxylation sites is 1. The minimum absolute atomic E-state index is 0.133. The number of amides is 1. The van der Waals surface area contributed by atoms with Crippen LogP contribution in [0.2, 0.25) is 0 Å². The second-order valence-corrected chi connectivity index (χ2v) is 5.35. The van der Waals surface area contributed by atoms with Crippen molar-refractivity contribution in [3.63, 3.8) is 0 Å². The molecule has 1 amide bonds. The van der Waals surface area contributed by atoms with Gasteiger partial charge in [-0.15, -0.1) is 11.8 Å². The van der Waals surface area contributed by atoms with Crippen LogP contribution in [0.5, 0.6) is 0 Å². The van der Waals surface area contributed by atoms with E-state index in [9.17, 15) is 4.79 Å². The highest BCUT2D eigenvalue weighted by Gasteiger charge is 2.25. The first-order chi connectivity index (χ1) is 9.27. The fourth-order valence-corrected chi connectivity index (χ4v) is 3.10. The van der Waals surface area contributed by atoms with Gasteiger partial charge >= 0.3 is 0 Å². The highest BCUT2D eigenvalue weighted by Crippen LogP contribution is 2.35. The SMILES string of the molecule is Nc1cccnc1C(=O)N1CCSc2ccccc21. The third kappa shape index (κ3) is 2.17. The van der Waals surface area contributed by atoms with Gasteiger partial charge in [0, 0.05) is 23.4 Å². The van der Waals surface area contributed by atoms with E-state index in [1.165, 1.54) is 0 Å². The number of nitrogens with two attached hydrogens (primary N) is 1. The summed E-state index contributed by atoms with van der Waals surface area (Å²) in [5.74, 6) is 0.751. The third-order valence-corrected chi connectivity index (χ3v) is 4.06. The first-order valence-electron chi connectivity index (χ1n) is 6.01. The number of hydrogen-bond donors (Lipinski definition) is 1. The molecule has 4 nitrogen and oxygen atoms in total. The predicted octanol–water partition coefficient (Wildman–Crippen LogP) is 2.42. The molecule has 2 aromatic rings. The molecule has 0 unspecified atom stereocenters. The van der Waals surface area contributed by atoms with Crippen LogP contribution in [0.25, 0.3) is 0 Å². The molecular weight excluding hydrogens is 258 g/mol. The van der Waals surface area contributed by atoms with E-state index in [0.717, 1.165) is 16.3 Å². The summed E-state index contributed by atoms with van der Waals surface area (Å²) >= 11 is 1.76. The summed E-state index contributed by atoms with van der Waals surface area (Å²) in [6, 6.07) is 11.3. The van der Waals surface area contributed by atoms with Crippen molar-refractivity contribution < 1.29 is 4.79 Å². The van der Waals surface area contributed by atoms with Crippen LogP contribution in [0.4, 0.5) is 11.4 Å². The Kier molecular flexibility index (Phi) is 3.13. The molecule has 1 aliphatic rings. The first kappa shape index (κ1) is 12.0. The van der Waals surface area contributed by atoms with Crippen LogP contribution in [0, 0.1) is 0 Å². The maximum Gasteiger partial charge on any atom is 0.279 e. The molecule has 0 spiro atoms. The molecule has 1 aliphatic heterocycles. The number of anilines is 2. The zero-order chi connectivity index (χ0) is 13.2. The lowest BCUT2D eigenvalue weighted by Crippen LogP contribution is -2.36. The van der Waals surface area contributed by atoms with E-state index in [1.54, 1.807) is 35.0 Å². The summed E-state index contributed by atoms with van der Waals surface area (Å²) in [4.78, 5) is 19.5. The Morgan fingerprint density at radius 1 is 1.26 bits per heavy atom. The molecule has 19 heavy (non-hydrogen) atoms. The molecule has 2 N–H and O–H groups in total. The fourth-order valence-electron chi connectivity index (χ4n) is 2.10. The lowest BCUT2D eigenvalue weighted by atomic mass is 10.2. The number of carbonyl (C=O) groups excluding carboxylic acids is 1. The van der Waals surface area contributed by atoms with Gasteiger partial charge in [0.25, 0.3) is 5.91 Å². The smallest absolute Gasteiger partial charge is 0.279 e. The molecule has 0 aliphatic carbocycles. The number of carbonyl (C=O) groups is 1. The number of rotatable bonds is 1. The summed E-state index contributed by atoms with van der Waals surface area (Å²) in [6.45, 7) is 0.677. The zero-order valence-electron chi connectivity index (χ0n) is 10.2. The van der Waals surface area contributed by atoms with Crippen molar-refractivity contribution in [3.05, 3.63) is 48.3 Å². The number of aromatic nitrogens is 1. The minimum Gasteiger partial charge on any atom is -0.397 e. The van der Waals surface area contributed by atoms with Crippen LogP contribution in [0.3, 0.4) is 0 Å². The zero-order valence-corrected chi connectivity index (χ0v) is 11.1. The number of pyridine rings is 1. The maximum absolute atomic E-state index is 12.6. The minimum atomic E-state index is -0.133. The van der Waals surface area contributed by atoms with Crippen molar-refractivity contribution in [1.82, 2.24) is 4.98 Å². The van der Waals surface area contributed by atoms with Gasteiger partial charge in [0.05, 0.1) is 11.4 Å². The number of fused-ring (bicyclic) bond motifs is 1. The lowest BCUT2D eigenvalue weighted by molar-refractivity contribution is 0.0984. The van der Waals surface area contributed by atoms with Crippen LogP contribution in [0.15, 0.2) is 47.5 Å². The molecular formula is C14H13N3OS. The van der Waals surface area contributed by atoms with E-state index in [1.807, 2.05) is 24.3 Å². The van der Waals surface area contributed by atoms with Crippen LogP contribution in [-0.4, -0.2) is 23.2 Å². The highest BCUT2D eigenvalue weighted by atomic mass is 32.2. The van der Waals surface area contributed by atoms with E-state index in [-0.39, 0.29) is 5.91 Å². The van der Waals surface area contributed by atoms with Gasteiger partial charge in [0.15, 0.2) is 5.69 Å². The molecule has 0 saturated heterocycles. The Morgan fingerprint density at radius 3 is 2.95 bits per heavy atom. The largest absolute Gasteiger partial charge is 0.397 e. The molecule has 0 bridgehead atoms. The van der Waals surface area contributed by atoms with Gasteiger partial charge in [-0.05, 0) is 24.3 Å². The van der Waals surface area contributed by atoms with Crippen LogP contribution < -0.4 is 10.6 Å². The average molecular weight is 271 g/mol. The lowest BCUT2D eigenvalue weighted by Gasteiger charge is -2.28. The van der Waals surface area contributed by atoms with Gasteiger partial charge in [0.1, 0.15) is 0 Å². The Balaban J connectivity index is 2.00. The quantitative estimate of drug-likeness (QED) is 0.865. The Bertz CT molecular complexity index is 630. The van der Waals surface area contributed by atoms with Crippen LogP contribution in [-0.2, 0) is 0 Å². The summed E-state index contributed by atoms with van der Waals surface area (Å²) in [6.07, 6.45) is 1.59. The topological polar surface area (TPSA) is 59.2 Å². The highest BCUT2D eigenvalue weighted by molar-refractivity contribution is 7.99. The summed E-state index contributed by atoms with van der Waals surface area (Å²) in [7, 11) is 0. The summed E-state index contributed by atoms with van der Waals surface area (Å²) < 4.78 is 0. The molecule has 3 rings (SSSR count). The number of nitrogen functional groups attached to an aromatic ring is 1. The predicted molar refractivity (Wildman–Crippen MR) is 77.5 cm³/mol. The van der Waals surface area contributed by atoms with Gasteiger partial charge in [-0.25, -0.2) is 4.98 Å². The van der Waals surface area contributed by atoms with Crippen molar-refractivity contribution >= 4 is 29.0 Å². The van der Waals surface area contributed by atoms with Gasteiger partial charge in [-0.2, -0.15) is 0 Å². The molecule has 5 heteroatoms. The summed E-state index contributed by atoms with van der Waals surface area (Å²) in [5.41, 5.74) is 7.51. The number of nitrogens with zero attached hydrogens (tertiary/aromatic N) is 2. The second-order valence-electron chi connectivity index (χ2n) is 4.21. The first-order valence-corrected chi connectivity index (χ1v) is 7.00. The molecule has 96 valence electrons. The van der Waals surface area contributed by atoms with Gasteiger partial charge in [0.2, 0.25) is 0 Å². The van der Waals surface area contributed by atoms with E-state index >= 15 is 0 Å². The maximum atomic E-state index is 12.6. The Morgan fingerprint density at radius 2 is 2.11 bits per heavy atom. The summed E-state index contributed by atoms with van der Waals surface area (Å²) in [5, 5.41) is 0. The molecule has 0 fully saturated rings. The third-order valence-electron chi connectivity index (χ3n) is 3.02. The van der Waals surface area contributed by atoms with Crippen LogP contribution >= 0.6 is 11.8 Å². The van der Waals surface area contributed by atoms with Crippen molar-refractivity contribution in [1.29, 1.82) is 0 Å². The standard InChI is InChI=1S/C14H13N3OS/c15-10-4-3-7-16-13(10)14(18)17-8-9-19-12-6-2-1-5-11(12)17/h1-7H,8-9,15H2.